The van der Waals surface area contributed by atoms with Crippen LogP contribution in [0.4, 0.5) is 5.69 Å². The summed E-state index contributed by atoms with van der Waals surface area (Å²) >= 11 is 0. The molecule has 7 nitrogen and oxygen atoms in total. The van der Waals surface area contributed by atoms with Crippen LogP contribution in [-0.4, -0.2) is 34.5 Å². The molecule has 2 heterocycles. The second kappa shape index (κ2) is 7.40. The van der Waals surface area contributed by atoms with Crippen molar-refractivity contribution in [1.29, 1.82) is 0 Å². The first-order valence-corrected chi connectivity index (χ1v) is 8.62. The number of carbonyl (C=O) groups is 1. The molecule has 4 rings (SSSR count). The number of benzene rings is 2. The third-order valence-corrected chi connectivity index (χ3v) is 4.32. The monoisotopic (exact) mass is 374 g/mol. The Hall–Kier alpha value is -3.87. The first-order valence-electron chi connectivity index (χ1n) is 8.62. The first kappa shape index (κ1) is 17.5. The minimum absolute atomic E-state index is 0.277. The van der Waals surface area contributed by atoms with Crippen molar-refractivity contribution in [3.63, 3.8) is 0 Å². The van der Waals surface area contributed by atoms with Gasteiger partial charge in [0.2, 0.25) is 5.78 Å². The molecule has 28 heavy (non-hydrogen) atoms. The molecule has 0 saturated carbocycles. The molecule has 0 fully saturated rings. The fraction of sp³-hybridized carbons (Fsp3) is 0.0952. The summed E-state index contributed by atoms with van der Waals surface area (Å²) in [6, 6.07) is 14.5. The number of rotatable bonds is 5. The van der Waals surface area contributed by atoms with Crippen molar-refractivity contribution in [2.24, 2.45) is 0 Å². The van der Waals surface area contributed by atoms with Crippen LogP contribution in [0.3, 0.4) is 0 Å². The van der Waals surface area contributed by atoms with Gasteiger partial charge in [0, 0.05) is 29.8 Å². The minimum Gasteiger partial charge on any atom is -0.493 e. The van der Waals surface area contributed by atoms with E-state index in [0.717, 1.165) is 11.3 Å². The maximum atomic E-state index is 12.7. The number of methoxy groups -OCH3 is 2. The van der Waals surface area contributed by atoms with Crippen LogP contribution in [-0.2, 0) is 0 Å². The number of anilines is 1. The molecule has 0 radical (unpaired) electrons. The molecular formula is C21H18N4O3. The number of fused-ring (bicyclic) bond motifs is 1. The highest BCUT2D eigenvalue weighted by Gasteiger charge is 2.16. The van der Waals surface area contributed by atoms with Gasteiger partial charge in [0.05, 0.1) is 25.5 Å². The van der Waals surface area contributed by atoms with Crippen molar-refractivity contribution < 1.29 is 14.3 Å². The zero-order valence-electron chi connectivity index (χ0n) is 15.4. The summed E-state index contributed by atoms with van der Waals surface area (Å²) in [6.07, 6.45) is 5.52. The summed E-state index contributed by atoms with van der Waals surface area (Å²) in [5.41, 5.74) is 2.81. The molecule has 0 aliphatic rings. The van der Waals surface area contributed by atoms with E-state index in [4.69, 9.17) is 9.47 Å². The Balaban J connectivity index is 1.56. The van der Waals surface area contributed by atoms with Crippen LogP contribution < -0.4 is 14.8 Å². The third kappa shape index (κ3) is 3.25. The van der Waals surface area contributed by atoms with Crippen molar-refractivity contribution in [1.82, 2.24) is 14.4 Å². The van der Waals surface area contributed by atoms with Crippen LogP contribution >= 0.6 is 0 Å². The first-order chi connectivity index (χ1) is 13.7. The van der Waals surface area contributed by atoms with Gasteiger partial charge in [0.15, 0.2) is 11.5 Å². The quantitative estimate of drug-likeness (QED) is 0.577. The van der Waals surface area contributed by atoms with E-state index in [1.165, 1.54) is 14.2 Å². The lowest BCUT2D eigenvalue weighted by molar-refractivity contribution is 0.102. The molecule has 0 aliphatic carbocycles. The Morgan fingerprint density at radius 1 is 1.04 bits per heavy atom. The lowest BCUT2D eigenvalue weighted by atomic mass is 10.1. The zero-order chi connectivity index (χ0) is 19.5. The molecule has 1 N–H and O–H groups in total. The third-order valence-electron chi connectivity index (χ3n) is 4.32. The summed E-state index contributed by atoms with van der Waals surface area (Å²) in [5, 5.41) is 2.88. The molecular weight excluding hydrogens is 356 g/mol. The number of hydrogen-bond donors (Lipinski definition) is 1. The van der Waals surface area contributed by atoms with Gasteiger partial charge in [-0.05, 0) is 30.3 Å². The number of ether oxygens (including phenoxy) is 2. The Morgan fingerprint density at radius 3 is 2.57 bits per heavy atom. The predicted molar refractivity (Wildman–Crippen MR) is 106 cm³/mol. The highest BCUT2D eigenvalue weighted by atomic mass is 16.5. The number of nitrogens with zero attached hydrogens (tertiary/aromatic N) is 3. The van der Waals surface area contributed by atoms with E-state index in [1.54, 1.807) is 24.4 Å². The Labute approximate surface area is 161 Å². The number of hydrogen-bond acceptors (Lipinski definition) is 5. The molecule has 4 aromatic rings. The number of carbonyl (C=O) groups excluding carboxylic acids is 1. The fourth-order valence-corrected chi connectivity index (χ4v) is 2.96. The Morgan fingerprint density at radius 2 is 1.86 bits per heavy atom. The normalized spacial score (nSPS) is 10.6. The van der Waals surface area contributed by atoms with Crippen molar-refractivity contribution in [3.8, 4) is 22.8 Å². The van der Waals surface area contributed by atoms with Gasteiger partial charge in [-0.3, -0.25) is 9.20 Å². The van der Waals surface area contributed by atoms with Gasteiger partial charge in [-0.2, -0.15) is 0 Å². The van der Waals surface area contributed by atoms with Gasteiger partial charge in [-0.1, -0.05) is 18.2 Å². The smallest absolute Gasteiger partial charge is 0.259 e. The summed E-state index contributed by atoms with van der Waals surface area (Å²) < 4.78 is 12.4. The van der Waals surface area contributed by atoms with E-state index >= 15 is 0 Å². The average molecular weight is 374 g/mol. The standard InChI is InChI=1S/C21H18N4O3/c1-27-18-6-3-5-16(19(18)28-2)20(26)23-15-9-7-14(8-10-15)17-13-25-12-4-11-22-21(25)24-17/h3-13H,1-2H3,(H,23,26). The molecule has 2 aromatic heterocycles. The molecule has 0 saturated heterocycles. The summed E-state index contributed by atoms with van der Waals surface area (Å²) in [5.74, 6) is 1.27. The van der Waals surface area contributed by atoms with Crippen LogP contribution in [0.5, 0.6) is 11.5 Å². The molecule has 0 spiro atoms. The zero-order valence-corrected chi connectivity index (χ0v) is 15.4. The summed E-state index contributed by atoms with van der Waals surface area (Å²) in [4.78, 5) is 21.4. The molecule has 1 amide bonds. The fourth-order valence-electron chi connectivity index (χ4n) is 2.96. The molecule has 2 aromatic carbocycles. The van der Waals surface area contributed by atoms with Gasteiger partial charge in [0.1, 0.15) is 0 Å². The van der Waals surface area contributed by atoms with Gasteiger partial charge >= 0.3 is 0 Å². The topological polar surface area (TPSA) is 77.8 Å². The Kier molecular flexibility index (Phi) is 4.63. The number of amides is 1. The van der Waals surface area contributed by atoms with Crippen molar-refractivity contribution in [2.45, 2.75) is 0 Å². The van der Waals surface area contributed by atoms with E-state index in [0.29, 0.717) is 28.5 Å². The Bertz CT molecular complexity index is 1100. The largest absolute Gasteiger partial charge is 0.493 e. The summed E-state index contributed by atoms with van der Waals surface area (Å²) in [6.45, 7) is 0. The van der Waals surface area contributed by atoms with Crippen LogP contribution in [0.15, 0.2) is 67.1 Å². The van der Waals surface area contributed by atoms with E-state index < -0.39 is 0 Å². The SMILES string of the molecule is COc1cccc(C(=O)Nc2ccc(-c3cn4cccnc4n3)cc2)c1OC. The van der Waals surface area contributed by atoms with Crippen LogP contribution in [0.1, 0.15) is 10.4 Å². The molecule has 0 atom stereocenters. The maximum absolute atomic E-state index is 12.7. The number of aromatic nitrogens is 3. The summed E-state index contributed by atoms with van der Waals surface area (Å²) in [7, 11) is 3.04. The second-order valence-electron chi connectivity index (χ2n) is 6.03. The lowest BCUT2D eigenvalue weighted by Crippen LogP contribution is -2.13. The van der Waals surface area contributed by atoms with E-state index in [1.807, 2.05) is 47.1 Å². The van der Waals surface area contributed by atoms with Gasteiger partial charge in [-0.25, -0.2) is 9.97 Å². The highest BCUT2D eigenvalue weighted by molar-refractivity contribution is 6.06. The predicted octanol–water partition coefficient (Wildman–Crippen LogP) is 3.67. The van der Waals surface area contributed by atoms with E-state index in [-0.39, 0.29) is 5.91 Å². The van der Waals surface area contributed by atoms with Crippen LogP contribution in [0, 0.1) is 0 Å². The van der Waals surface area contributed by atoms with Gasteiger partial charge in [-0.15, -0.1) is 0 Å². The highest BCUT2D eigenvalue weighted by Crippen LogP contribution is 2.31. The number of para-hydroxylation sites is 1. The van der Waals surface area contributed by atoms with E-state index in [9.17, 15) is 4.79 Å². The van der Waals surface area contributed by atoms with Crippen LogP contribution in [0.2, 0.25) is 0 Å². The van der Waals surface area contributed by atoms with Crippen LogP contribution in [0.25, 0.3) is 17.0 Å². The second-order valence-corrected chi connectivity index (χ2v) is 6.03. The molecule has 0 unspecified atom stereocenters. The lowest BCUT2D eigenvalue weighted by Gasteiger charge is -2.12. The molecule has 0 bridgehead atoms. The van der Waals surface area contributed by atoms with Crippen molar-refractivity contribution >= 4 is 17.4 Å². The number of nitrogens with one attached hydrogen (secondary N) is 1. The van der Waals surface area contributed by atoms with Crippen molar-refractivity contribution in [3.05, 3.63) is 72.7 Å². The molecule has 7 heteroatoms. The minimum atomic E-state index is -0.277. The van der Waals surface area contributed by atoms with Gasteiger partial charge in [0.25, 0.3) is 5.91 Å². The average Bonchev–Trinajstić information content (AvgIpc) is 3.17. The van der Waals surface area contributed by atoms with Crippen molar-refractivity contribution in [2.75, 3.05) is 19.5 Å². The van der Waals surface area contributed by atoms with E-state index in [2.05, 4.69) is 15.3 Å². The number of imidazole rings is 1. The molecule has 140 valence electrons. The molecule has 0 aliphatic heterocycles. The van der Waals surface area contributed by atoms with Gasteiger partial charge < -0.3 is 14.8 Å². The maximum Gasteiger partial charge on any atom is 0.259 e.